The van der Waals surface area contributed by atoms with Crippen molar-refractivity contribution in [3.8, 4) is 0 Å². The molecule has 0 spiro atoms. The topological polar surface area (TPSA) is 81.3 Å². The number of nitrogens with zero attached hydrogens (tertiary/aromatic N) is 3. The number of carbonyl (C=O) groups excluding carboxylic acids is 2. The second-order valence-corrected chi connectivity index (χ2v) is 6.19. The van der Waals surface area contributed by atoms with Crippen molar-refractivity contribution in [1.82, 2.24) is 25.1 Å². The molecule has 1 fully saturated rings. The number of rotatable bonds is 6. The van der Waals surface area contributed by atoms with E-state index in [0.29, 0.717) is 19.0 Å². The van der Waals surface area contributed by atoms with Gasteiger partial charge in [-0.25, -0.2) is 4.98 Å². The van der Waals surface area contributed by atoms with E-state index in [-0.39, 0.29) is 24.3 Å². The van der Waals surface area contributed by atoms with Gasteiger partial charge < -0.3 is 15.2 Å². The Labute approximate surface area is 131 Å². The number of aromatic nitrogens is 2. The minimum atomic E-state index is -0.372. The van der Waals surface area contributed by atoms with Crippen molar-refractivity contribution < 1.29 is 9.59 Å². The Morgan fingerprint density at radius 2 is 2.32 bits per heavy atom. The molecule has 0 saturated carbocycles. The van der Waals surface area contributed by atoms with Crippen LogP contribution in [0.3, 0.4) is 0 Å². The molecule has 122 valence electrons. The smallest absolute Gasteiger partial charge is 0.237 e. The molecular formula is C15H25N5O2. The monoisotopic (exact) mass is 307 g/mol. The lowest BCUT2D eigenvalue weighted by Crippen LogP contribution is -2.57. The number of hydrogen-bond donors (Lipinski definition) is 2. The third-order valence-electron chi connectivity index (χ3n) is 3.78. The number of hydrogen-bond acceptors (Lipinski definition) is 4. The quantitative estimate of drug-likeness (QED) is 0.787. The van der Waals surface area contributed by atoms with Gasteiger partial charge in [0.2, 0.25) is 11.8 Å². The fourth-order valence-electron chi connectivity index (χ4n) is 2.69. The molecule has 0 bridgehead atoms. The summed E-state index contributed by atoms with van der Waals surface area (Å²) in [6.07, 6.45) is 3.59. The van der Waals surface area contributed by atoms with Crippen molar-refractivity contribution in [3.63, 3.8) is 0 Å². The Morgan fingerprint density at radius 3 is 2.95 bits per heavy atom. The molecule has 1 aromatic heterocycles. The van der Waals surface area contributed by atoms with E-state index < -0.39 is 0 Å². The zero-order valence-corrected chi connectivity index (χ0v) is 13.5. The Balaban J connectivity index is 1.95. The third kappa shape index (κ3) is 4.30. The molecule has 0 aliphatic carbocycles. The molecular weight excluding hydrogens is 282 g/mol. The number of aromatic amines is 1. The predicted octanol–water partition coefficient (Wildman–Crippen LogP) is 0.215. The lowest BCUT2D eigenvalue weighted by Gasteiger charge is -2.36. The van der Waals surface area contributed by atoms with Crippen LogP contribution in [0.1, 0.15) is 26.1 Å². The van der Waals surface area contributed by atoms with E-state index in [1.165, 1.54) is 0 Å². The molecule has 0 aromatic carbocycles. The zero-order valence-electron chi connectivity index (χ0n) is 13.5. The SMILES string of the molecule is CC(C)CN1CCNC(=O)[C@H]1CC(=O)N(C)Cc1ncc[nH]1. The van der Waals surface area contributed by atoms with Gasteiger partial charge in [0.15, 0.2) is 0 Å². The molecule has 1 aromatic rings. The van der Waals surface area contributed by atoms with Gasteiger partial charge in [-0.15, -0.1) is 0 Å². The van der Waals surface area contributed by atoms with Crippen LogP contribution in [-0.2, 0) is 16.1 Å². The standard InChI is InChI=1S/C15H25N5O2/c1-11(2)9-20-7-6-18-15(22)12(20)8-14(21)19(3)10-13-16-4-5-17-13/h4-5,11-12H,6-10H2,1-3H3,(H,16,17)(H,18,22)/t12-/m1/s1. The van der Waals surface area contributed by atoms with E-state index in [9.17, 15) is 9.59 Å². The van der Waals surface area contributed by atoms with Crippen LogP contribution in [0.2, 0.25) is 0 Å². The van der Waals surface area contributed by atoms with Gasteiger partial charge in [-0.2, -0.15) is 0 Å². The molecule has 7 heteroatoms. The van der Waals surface area contributed by atoms with Crippen molar-refractivity contribution >= 4 is 11.8 Å². The highest BCUT2D eigenvalue weighted by molar-refractivity contribution is 5.88. The predicted molar refractivity (Wildman–Crippen MR) is 82.9 cm³/mol. The largest absolute Gasteiger partial charge is 0.353 e. The third-order valence-corrected chi connectivity index (χ3v) is 3.78. The lowest BCUT2D eigenvalue weighted by atomic mass is 10.1. The van der Waals surface area contributed by atoms with Crippen LogP contribution in [0.15, 0.2) is 12.4 Å². The number of imidazole rings is 1. The van der Waals surface area contributed by atoms with Gasteiger partial charge in [0.25, 0.3) is 0 Å². The maximum Gasteiger partial charge on any atom is 0.237 e. The molecule has 7 nitrogen and oxygen atoms in total. The first kappa shape index (κ1) is 16.5. The summed E-state index contributed by atoms with van der Waals surface area (Å²) in [4.78, 5) is 35.3. The molecule has 1 aliphatic heterocycles. The van der Waals surface area contributed by atoms with E-state index in [1.807, 2.05) is 0 Å². The average Bonchev–Trinajstić information content (AvgIpc) is 2.94. The van der Waals surface area contributed by atoms with Crippen molar-refractivity contribution in [3.05, 3.63) is 18.2 Å². The molecule has 2 heterocycles. The van der Waals surface area contributed by atoms with Gasteiger partial charge in [-0.1, -0.05) is 13.8 Å². The highest BCUT2D eigenvalue weighted by atomic mass is 16.2. The first-order chi connectivity index (χ1) is 10.5. The molecule has 2 amide bonds. The van der Waals surface area contributed by atoms with Gasteiger partial charge in [-0.3, -0.25) is 14.5 Å². The number of carbonyl (C=O) groups is 2. The minimum Gasteiger partial charge on any atom is -0.353 e. The highest BCUT2D eigenvalue weighted by Crippen LogP contribution is 2.13. The van der Waals surface area contributed by atoms with E-state index >= 15 is 0 Å². The maximum absolute atomic E-state index is 12.4. The van der Waals surface area contributed by atoms with Crippen LogP contribution in [0.25, 0.3) is 0 Å². The van der Waals surface area contributed by atoms with Crippen molar-refractivity contribution in [2.45, 2.75) is 32.9 Å². The van der Waals surface area contributed by atoms with Gasteiger partial charge in [0.1, 0.15) is 5.82 Å². The number of H-pyrrole nitrogens is 1. The van der Waals surface area contributed by atoms with Gasteiger partial charge >= 0.3 is 0 Å². The summed E-state index contributed by atoms with van der Waals surface area (Å²) in [6, 6.07) is -0.372. The normalized spacial score (nSPS) is 19.3. The van der Waals surface area contributed by atoms with Gasteiger partial charge in [0, 0.05) is 39.1 Å². The molecule has 1 atom stereocenters. The Kier molecular flexibility index (Phi) is 5.54. The summed E-state index contributed by atoms with van der Waals surface area (Å²) < 4.78 is 0. The summed E-state index contributed by atoms with van der Waals surface area (Å²) in [5, 5.41) is 2.86. The zero-order chi connectivity index (χ0) is 16.1. The first-order valence-corrected chi connectivity index (χ1v) is 7.71. The Morgan fingerprint density at radius 1 is 1.55 bits per heavy atom. The van der Waals surface area contributed by atoms with Crippen LogP contribution in [0, 0.1) is 5.92 Å². The molecule has 1 saturated heterocycles. The Bertz CT molecular complexity index is 500. The van der Waals surface area contributed by atoms with Crippen LogP contribution >= 0.6 is 0 Å². The summed E-state index contributed by atoms with van der Waals surface area (Å²) in [7, 11) is 1.73. The average molecular weight is 307 g/mol. The van der Waals surface area contributed by atoms with Crippen LogP contribution in [0.5, 0.6) is 0 Å². The second kappa shape index (κ2) is 7.40. The van der Waals surface area contributed by atoms with E-state index in [2.05, 4.69) is 34.0 Å². The molecule has 0 radical (unpaired) electrons. The lowest BCUT2D eigenvalue weighted by molar-refractivity contribution is -0.138. The summed E-state index contributed by atoms with van der Waals surface area (Å²) in [5.41, 5.74) is 0. The Hall–Kier alpha value is -1.89. The molecule has 22 heavy (non-hydrogen) atoms. The number of nitrogens with one attached hydrogen (secondary N) is 2. The fourth-order valence-corrected chi connectivity index (χ4v) is 2.69. The van der Waals surface area contributed by atoms with Gasteiger partial charge in [-0.05, 0) is 5.92 Å². The van der Waals surface area contributed by atoms with E-state index in [4.69, 9.17) is 0 Å². The fraction of sp³-hybridized carbons (Fsp3) is 0.667. The summed E-state index contributed by atoms with van der Waals surface area (Å²) >= 11 is 0. The molecule has 2 N–H and O–H groups in total. The number of piperazine rings is 1. The van der Waals surface area contributed by atoms with Crippen molar-refractivity contribution in [2.75, 3.05) is 26.7 Å². The summed E-state index contributed by atoms with van der Waals surface area (Å²) in [5.74, 6) is 1.10. The molecule has 1 aliphatic rings. The van der Waals surface area contributed by atoms with Crippen LogP contribution < -0.4 is 5.32 Å². The number of amides is 2. The second-order valence-electron chi connectivity index (χ2n) is 6.19. The van der Waals surface area contributed by atoms with E-state index in [0.717, 1.165) is 18.9 Å². The minimum absolute atomic E-state index is 0.0489. The maximum atomic E-state index is 12.4. The van der Waals surface area contributed by atoms with Gasteiger partial charge in [0.05, 0.1) is 19.0 Å². The first-order valence-electron chi connectivity index (χ1n) is 7.71. The van der Waals surface area contributed by atoms with Crippen LogP contribution in [-0.4, -0.2) is 64.3 Å². The molecule has 2 rings (SSSR count). The summed E-state index contributed by atoms with van der Waals surface area (Å²) in [6.45, 7) is 6.93. The molecule has 0 unspecified atom stereocenters. The van der Waals surface area contributed by atoms with E-state index in [1.54, 1.807) is 24.3 Å². The van der Waals surface area contributed by atoms with Crippen molar-refractivity contribution in [1.29, 1.82) is 0 Å². The van der Waals surface area contributed by atoms with Crippen LogP contribution in [0.4, 0.5) is 0 Å². The highest BCUT2D eigenvalue weighted by Gasteiger charge is 2.32. The van der Waals surface area contributed by atoms with Crippen molar-refractivity contribution in [2.24, 2.45) is 5.92 Å².